The Morgan fingerprint density at radius 2 is 1.67 bits per heavy atom. The van der Waals surface area contributed by atoms with Crippen molar-refractivity contribution in [1.29, 1.82) is 0 Å². The molecular weight excluding hydrogens is 564 g/mol. The molecule has 0 aromatic heterocycles. The van der Waals surface area contributed by atoms with Crippen molar-refractivity contribution < 1.29 is 46.6 Å². The summed E-state index contributed by atoms with van der Waals surface area (Å²) in [5.74, 6) is -5.71. The van der Waals surface area contributed by atoms with E-state index >= 15 is 4.39 Å². The Labute approximate surface area is 236 Å². The Morgan fingerprint density at radius 3 is 2.29 bits per heavy atom. The summed E-state index contributed by atoms with van der Waals surface area (Å²) < 4.78 is 46.8. The smallest absolute Gasteiger partial charge is 0.475 e. The second-order valence-corrected chi connectivity index (χ2v) is 10.9. The predicted molar refractivity (Wildman–Crippen MR) is 138 cm³/mol. The highest BCUT2D eigenvalue weighted by Crippen LogP contribution is 2.46. The second kappa shape index (κ2) is 10.8. The first-order valence-electron chi connectivity index (χ1n) is 13.1. The number of alkyl halides is 3. The van der Waals surface area contributed by atoms with E-state index in [0.29, 0.717) is 13.1 Å². The van der Waals surface area contributed by atoms with Gasteiger partial charge in [-0.1, -0.05) is 30.3 Å². The van der Waals surface area contributed by atoms with Crippen molar-refractivity contribution in [3.63, 3.8) is 0 Å². The zero-order chi connectivity index (χ0) is 30.4. The third kappa shape index (κ3) is 5.45. The Balaban J connectivity index is 0.000000451. The van der Waals surface area contributed by atoms with E-state index in [4.69, 9.17) is 9.90 Å². The maximum absolute atomic E-state index is 15.1. The molecule has 10 nitrogen and oxygen atoms in total. The summed E-state index contributed by atoms with van der Waals surface area (Å²) >= 11 is 0. The molecule has 0 radical (unpaired) electrons. The van der Waals surface area contributed by atoms with Crippen LogP contribution in [0.15, 0.2) is 42.5 Å². The van der Waals surface area contributed by atoms with Crippen LogP contribution in [0.25, 0.3) is 0 Å². The van der Waals surface area contributed by atoms with Crippen molar-refractivity contribution in [2.75, 3.05) is 31.1 Å². The fraction of sp³-hybridized carbons (Fsp3) is 0.393. The molecule has 1 atom stereocenters. The molecule has 0 bridgehead atoms. The number of carbonyl (C=O) groups excluding carboxylic acids is 4. The van der Waals surface area contributed by atoms with E-state index in [1.807, 2.05) is 23.1 Å². The number of rotatable bonds is 4. The highest BCUT2D eigenvalue weighted by molar-refractivity contribution is 6.25. The van der Waals surface area contributed by atoms with Gasteiger partial charge in [0.15, 0.2) is 0 Å². The molecule has 4 heterocycles. The quantitative estimate of drug-likeness (QED) is 0.411. The van der Waals surface area contributed by atoms with Crippen LogP contribution < -0.4 is 10.2 Å². The first kappa shape index (κ1) is 29.2. The van der Waals surface area contributed by atoms with Gasteiger partial charge in [0.1, 0.15) is 11.9 Å². The molecule has 4 aliphatic heterocycles. The van der Waals surface area contributed by atoms with Crippen molar-refractivity contribution in [3.8, 4) is 0 Å². The van der Waals surface area contributed by atoms with Crippen molar-refractivity contribution in [2.45, 2.75) is 38.0 Å². The number of carboxylic acid groups (broad SMARTS) is 1. The van der Waals surface area contributed by atoms with Crippen LogP contribution in [-0.4, -0.2) is 82.9 Å². The summed E-state index contributed by atoms with van der Waals surface area (Å²) in [6.07, 6.45) is -3.99. The van der Waals surface area contributed by atoms with Crippen LogP contribution in [0.3, 0.4) is 0 Å². The molecule has 4 aliphatic rings. The zero-order valence-corrected chi connectivity index (χ0v) is 22.1. The van der Waals surface area contributed by atoms with Gasteiger partial charge in [-0.15, -0.1) is 0 Å². The summed E-state index contributed by atoms with van der Waals surface area (Å²) in [7, 11) is 0. The summed E-state index contributed by atoms with van der Waals surface area (Å²) in [5.41, 5.74) is 1.55. The molecule has 1 unspecified atom stereocenters. The fourth-order valence-electron chi connectivity index (χ4n) is 6.01. The van der Waals surface area contributed by atoms with Crippen molar-refractivity contribution >= 4 is 35.3 Å². The molecule has 3 fully saturated rings. The lowest BCUT2D eigenvalue weighted by molar-refractivity contribution is -0.192. The zero-order valence-electron chi connectivity index (χ0n) is 22.1. The molecule has 42 heavy (non-hydrogen) atoms. The van der Waals surface area contributed by atoms with Crippen LogP contribution >= 0.6 is 0 Å². The molecule has 0 aliphatic carbocycles. The molecule has 2 aromatic carbocycles. The van der Waals surface area contributed by atoms with E-state index in [1.165, 1.54) is 17.7 Å². The van der Waals surface area contributed by atoms with Crippen molar-refractivity contribution in [1.82, 2.24) is 15.1 Å². The van der Waals surface area contributed by atoms with Crippen LogP contribution in [0.4, 0.5) is 23.2 Å². The van der Waals surface area contributed by atoms with Crippen LogP contribution in [0.1, 0.15) is 45.5 Å². The molecule has 0 saturated carbocycles. The number of anilines is 1. The molecule has 14 heteroatoms. The fourth-order valence-corrected chi connectivity index (χ4v) is 6.01. The van der Waals surface area contributed by atoms with Crippen LogP contribution in [0.2, 0.25) is 0 Å². The van der Waals surface area contributed by atoms with Gasteiger partial charge in [-0.2, -0.15) is 13.2 Å². The number of halogens is 4. The van der Waals surface area contributed by atoms with Gasteiger partial charge < -0.3 is 10.0 Å². The van der Waals surface area contributed by atoms with Crippen molar-refractivity contribution in [3.05, 3.63) is 65.0 Å². The van der Waals surface area contributed by atoms with Gasteiger partial charge in [-0.25, -0.2) is 9.18 Å². The maximum atomic E-state index is 15.1. The number of aliphatic carboxylic acids is 1. The minimum Gasteiger partial charge on any atom is -0.475 e. The molecular formula is C28H26F4N4O6. The van der Waals surface area contributed by atoms with Crippen LogP contribution in [0.5, 0.6) is 0 Å². The second-order valence-electron chi connectivity index (χ2n) is 10.9. The molecule has 222 valence electrons. The number of likely N-dealkylation sites (tertiary alicyclic amines) is 1. The summed E-state index contributed by atoms with van der Waals surface area (Å²) in [6.45, 7) is 3.92. The Kier molecular flexibility index (Phi) is 7.51. The highest BCUT2D eigenvalue weighted by Gasteiger charge is 2.52. The lowest BCUT2D eigenvalue weighted by Gasteiger charge is -2.50. The number of hydrogen-bond donors (Lipinski definition) is 2. The number of carbonyl (C=O) groups is 5. The highest BCUT2D eigenvalue weighted by atomic mass is 19.4. The predicted octanol–water partition coefficient (Wildman–Crippen LogP) is 2.57. The standard InChI is InChI=1S/C26H25FN4O4.C2HF3O2/c27-18-7-6-17-21(25(35)31(24(17)34)19-8-9-20(32)28-23(19)33)22(18)30-14-26(15-30)10-11-29(13-26)12-16-4-2-1-3-5-16;3-2(4,5)1(6)7/h1-7,19H,8-15H2,(H,28,32,33);(H,6,7). The SMILES string of the molecule is O=C(O)C(F)(F)F.O=C1CCC(N2C(=O)c3ccc(F)c(N4CC5(CCN(Cc6ccccc6)C5)C4)c3C2=O)C(=O)N1. The number of hydrogen-bond acceptors (Lipinski definition) is 7. The van der Waals surface area contributed by atoms with E-state index in [1.54, 1.807) is 0 Å². The van der Waals surface area contributed by atoms with E-state index in [0.717, 1.165) is 31.0 Å². The Morgan fingerprint density at radius 1 is 1.00 bits per heavy atom. The van der Waals surface area contributed by atoms with E-state index < -0.39 is 47.6 Å². The van der Waals surface area contributed by atoms with Gasteiger partial charge in [-0.05, 0) is 37.1 Å². The minimum absolute atomic E-state index is 0.0219. The number of nitrogens with zero attached hydrogens (tertiary/aromatic N) is 3. The lowest BCUT2D eigenvalue weighted by Crippen LogP contribution is -2.58. The topological polar surface area (TPSA) is 127 Å². The lowest BCUT2D eigenvalue weighted by atomic mass is 9.78. The molecule has 4 amide bonds. The average molecular weight is 591 g/mol. The van der Waals surface area contributed by atoms with Gasteiger partial charge in [0.2, 0.25) is 11.8 Å². The third-order valence-electron chi connectivity index (χ3n) is 7.91. The summed E-state index contributed by atoms with van der Waals surface area (Å²) in [4.78, 5) is 64.3. The normalized spacial score (nSPS) is 21.6. The summed E-state index contributed by atoms with van der Waals surface area (Å²) in [5, 5.41) is 9.31. The maximum Gasteiger partial charge on any atom is 0.490 e. The van der Waals surface area contributed by atoms with E-state index in [9.17, 15) is 32.3 Å². The molecule has 3 saturated heterocycles. The first-order chi connectivity index (χ1) is 19.8. The molecule has 2 aromatic rings. The van der Waals surface area contributed by atoms with Gasteiger partial charge in [0, 0.05) is 38.0 Å². The largest absolute Gasteiger partial charge is 0.490 e. The number of carboxylic acids is 1. The van der Waals surface area contributed by atoms with Crippen molar-refractivity contribution in [2.24, 2.45) is 5.41 Å². The number of amides is 4. The number of benzene rings is 2. The number of piperidine rings is 1. The van der Waals surface area contributed by atoms with Gasteiger partial charge in [0.25, 0.3) is 11.8 Å². The van der Waals surface area contributed by atoms with E-state index in [2.05, 4.69) is 22.3 Å². The number of imide groups is 2. The Hall–Kier alpha value is -4.33. The monoisotopic (exact) mass is 590 g/mol. The summed E-state index contributed by atoms with van der Waals surface area (Å²) in [6, 6.07) is 11.7. The third-order valence-corrected chi connectivity index (χ3v) is 7.91. The number of nitrogens with one attached hydrogen (secondary N) is 1. The average Bonchev–Trinajstić information content (AvgIpc) is 3.43. The minimum atomic E-state index is -5.08. The van der Waals surface area contributed by atoms with Gasteiger partial charge in [0.05, 0.1) is 16.8 Å². The molecule has 1 spiro atoms. The van der Waals surface area contributed by atoms with Crippen LogP contribution in [-0.2, 0) is 20.9 Å². The van der Waals surface area contributed by atoms with Gasteiger partial charge >= 0.3 is 12.1 Å². The molecule has 6 rings (SSSR count). The van der Waals surface area contributed by atoms with E-state index in [-0.39, 0.29) is 35.1 Å². The van der Waals surface area contributed by atoms with Gasteiger partial charge in [-0.3, -0.25) is 34.3 Å². The molecule has 2 N–H and O–H groups in total. The Bertz CT molecular complexity index is 1460. The first-order valence-corrected chi connectivity index (χ1v) is 13.1. The van der Waals surface area contributed by atoms with Crippen LogP contribution in [0, 0.1) is 11.2 Å². The number of fused-ring (bicyclic) bond motifs is 1.